The first-order chi connectivity index (χ1) is 9.54. The molecule has 0 radical (unpaired) electrons. The number of nitrogens with zero attached hydrogens (tertiary/aromatic N) is 4. The number of benzene rings is 1. The number of nitrogens with two attached hydrogens (primary N) is 1. The van der Waals surface area contributed by atoms with Crippen molar-refractivity contribution >= 4 is 5.69 Å². The first kappa shape index (κ1) is 13.0. The molecule has 0 unspecified atom stereocenters. The lowest BCUT2D eigenvalue weighted by molar-refractivity contribution is 0.382. The molecule has 1 aromatic heterocycles. The van der Waals surface area contributed by atoms with Gasteiger partial charge in [0.05, 0.1) is 6.54 Å². The van der Waals surface area contributed by atoms with Crippen molar-refractivity contribution in [2.24, 2.45) is 5.41 Å². The van der Waals surface area contributed by atoms with E-state index in [2.05, 4.69) is 22.4 Å². The van der Waals surface area contributed by atoms with E-state index < -0.39 is 11.6 Å². The molecule has 106 valence electrons. The Balaban J connectivity index is 1.99. The summed E-state index contributed by atoms with van der Waals surface area (Å²) in [5, 5.41) is 11.5. The van der Waals surface area contributed by atoms with Crippen LogP contribution < -0.4 is 5.73 Å². The highest BCUT2D eigenvalue weighted by Crippen LogP contribution is 2.50. The number of rotatable bonds is 4. The molecule has 7 heteroatoms. The van der Waals surface area contributed by atoms with Gasteiger partial charge >= 0.3 is 0 Å². The van der Waals surface area contributed by atoms with Crippen LogP contribution in [0.2, 0.25) is 0 Å². The Morgan fingerprint density at radius 1 is 1.30 bits per heavy atom. The van der Waals surface area contributed by atoms with Crippen molar-refractivity contribution in [3.8, 4) is 11.4 Å². The molecule has 1 saturated carbocycles. The van der Waals surface area contributed by atoms with Crippen LogP contribution in [0.15, 0.2) is 12.1 Å². The summed E-state index contributed by atoms with van der Waals surface area (Å²) < 4.78 is 28.1. The molecule has 1 fully saturated rings. The van der Waals surface area contributed by atoms with Crippen molar-refractivity contribution in [2.45, 2.75) is 32.7 Å². The zero-order chi connectivity index (χ0) is 14.3. The maximum atomic E-state index is 13.4. The second-order valence-electron chi connectivity index (χ2n) is 5.37. The smallest absolute Gasteiger partial charge is 0.184 e. The molecule has 0 aliphatic heterocycles. The third-order valence-corrected chi connectivity index (χ3v) is 4.06. The average molecular weight is 279 g/mol. The van der Waals surface area contributed by atoms with Gasteiger partial charge in [-0.3, -0.25) is 0 Å². The van der Waals surface area contributed by atoms with Crippen LogP contribution in [0.4, 0.5) is 14.5 Å². The number of tetrazole rings is 1. The molecule has 1 aromatic carbocycles. The first-order valence-corrected chi connectivity index (χ1v) is 6.56. The van der Waals surface area contributed by atoms with Gasteiger partial charge in [-0.1, -0.05) is 6.92 Å². The van der Waals surface area contributed by atoms with Crippen LogP contribution in [0.5, 0.6) is 0 Å². The van der Waals surface area contributed by atoms with E-state index in [1.54, 1.807) is 4.68 Å². The fourth-order valence-electron chi connectivity index (χ4n) is 2.38. The predicted molar refractivity (Wildman–Crippen MR) is 69.5 cm³/mol. The van der Waals surface area contributed by atoms with Gasteiger partial charge in [-0.25, -0.2) is 13.5 Å². The lowest BCUT2D eigenvalue weighted by Gasteiger charge is -2.13. The van der Waals surface area contributed by atoms with Crippen molar-refractivity contribution in [2.75, 3.05) is 5.73 Å². The zero-order valence-electron chi connectivity index (χ0n) is 11.1. The van der Waals surface area contributed by atoms with Gasteiger partial charge in [0.25, 0.3) is 0 Å². The van der Waals surface area contributed by atoms with Crippen molar-refractivity contribution in [3.63, 3.8) is 0 Å². The quantitative estimate of drug-likeness (QED) is 0.872. The molecule has 20 heavy (non-hydrogen) atoms. The third kappa shape index (κ3) is 2.13. The van der Waals surface area contributed by atoms with Gasteiger partial charge in [-0.15, -0.1) is 5.10 Å². The maximum absolute atomic E-state index is 13.4. The molecule has 1 heterocycles. The van der Waals surface area contributed by atoms with Crippen LogP contribution in [-0.4, -0.2) is 20.2 Å². The SMILES string of the molecule is CCC1(Cn2nnnc2-c2cc(F)c(F)cc2N)CC1. The molecule has 5 nitrogen and oxygen atoms in total. The fourth-order valence-corrected chi connectivity index (χ4v) is 2.38. The molecule has 3 rings (SSSR count). The lowest BCUT2D eigenvalue weighted by atomic mass is 10.0. The molecule has 2 aromatic rings. The van der Waals surface area contributed by atoms with Gasteiger partial charge in [-0.2, -0.15) is 0 Å². The number of anilines is 1. The van der Waals surface area contributed by atoms with Crippen LogP contribution in [0, 0.1) is 17.0 Å². The Bertz CT molecular complexity index is 648. The summed E-state index contributed by atoms with van der Waals surface area (Å²) in [7, 11) is 0. The van der Waals surface area contributed by atoms with E-state index in [9.17, 15) is 8.78 Å². The van der Waals surface area contributed by atoms with Crippen LogP contribution in [0.25, 0.3) is 11.4 Å². The summed E-state index contributed by atoms with van der Waals surface area (Å²) >= 11 is 0. The van der Waals surface area contributed by atoms with Gasteiger partial charge < -0.3 is 5.73 Å². The van der Waals surface area contributed by atoms with E-state index >= 15 is 0 Å². The van der Waals surface area contributed by atoms with Crippen LogP contribution in [0.3, 0.4) is 0 Å². The summed E-state index contributed by atoms with van der Waals surface area (Å²) in [5.74, 6) is -1.56. The Kier molecular flexibility index (Phi) is 2.92. The summed E-state index contributed by atoms with van der Waals surface area (Å²) in [5.41, 5.74) is 6.43. The number of hydrogen-bond donors (Lipinski definition) is 1. The predicted octanol–water partition coefficient (Wildman–Crippen LogP) is 2.39. The molecule has 0 spiro atoms. The van der Waals surface area contributed by atoms with E-state index in [-0.39, 0.29) is 11.1 Å². The van der Waals surface area contributed by atoms with Gasteiger partial charge in [0.15, 0.2) is 17.5 Å². The summed E-state index contributed by atoms with van der Waals surface area (Å²) in [6, 6.07) is 1.99. The summed E-state index contributed by atoms with van der Waals surface area (Å²) in [4.78, 5) is 0. The third-order valence-electron chi connectivity index (χ3n) is 4.06. The van der Waals surface area contributed by atoms with Gasteiger partial charge in [0.2, 0.25) is 0 Å². The molecule has 2 N–H and O–H groups in total. The summed E-state index contributed by atoms with van der Waals surface area (Å²) in [6.45, 7) is 2.80. The normalized spacial score (nSPS) is 16.4. The van der Waals surface area contributed by atoms with E-state index in [1.165, 1.54) is 0 Å². The highest BCUT2D eigenvalue weighted by molar-refractivity contribution is 5.71. The highest BCUT2D eigenvalue weighted by Gasteiger charge is 2.42. The zero-order valence-corrected chi connectivity index (χ0v) is 11.1. The maximum Gasteiger partial charge on any atom is 0.184 e. The molecule has 0 bridgehead atoms. The van der Waals surface area contributed by atoms with E-state index in [0.29, 0.717) is 17.9 Å². The van der Waals surface area contributed by atoms with Crippen molar-refractivity contribution in [3.05, 3.63) is 23.8 Å². The van der Waals surface area contributed by atoms with E-state index in [4.69, 9.17) is 5.73 Å². The second-order valence-corrected chi connectivity index (χ2v) is 5.37. The van der Waals surface area contributed by atoms with Gasteiger partial charge in [0.1, 0.15) is 0 Å². The first-order valence-electron chi connectivity index (χ1n) is 6.56. The Labute approximate surface area is 114 Å². The molecular formula is C13H15F2N5. The van der Waals surface area contributed by atoms with Crippen LogP contribution in [0.1, 0.15) is 26.2 Å². The number of nitrogen functional groups attached to an aromatic ring is 1. The number of hydrogen-bond acceptors (Lipinski definition) is 4. The minimum Gasteiger partial charge on any atom is -0.398 e. The van der Waals surface area contributed by atoms with E-state index in [0.717, 1.165) is 31.4 Å². The molecule has 1 aliphatic carbocycles. The second kappa shape index (κ2) is 4.50. The van der Waals surface area contributed by atoms with Crippen LogP contribution in [-0.2, 0) is 6.54 Å². The largest absolute Gasteiger partial charge is 0.398 e. The van der Waals surface area contributed by atoms with Crippen LogP contribution >= 0.6 is 0 Å². The summed E-state index contributed by atoms with van der Waals surface area (Å²) in [6.07, 6.45) is 3.31. The Hall–Kier alpha value is -2.05. The lowest BCUT2D eigenvalue weighted by Crippen LogP contribution is -2.14. The number of aromatic nitrogens is 4. The van der Waals surface area contributed by atoms with Crippen molar-refractivity contribution in [1.82, 2.24) is 20.2 Å². The topological polar surface area (TPSA) is 69.6 Å². The highest BCUT2D eigenvalue weighted by atomic mass is 19.2. The fraction of sp³-hybridized carbons (Fsp3) is 0.462. The monoisotopic (exact) mass is 279 g/mol. The molecule has 0 saturated heterocycles. The molecule has 0 amide bonds. The minimum atomic E-state index is -0.975. The standard InChI is InChI=1S/C13H15F2N5/c1-2-13(3-4-13)7-20-12(17-18-19-20)8-5-9(14)10(15)6-11(8)16/h5-6H,2-4,7,16H2,1H3. The molecule has 1 aliphatic rings. The number of halogens is 2. The molecular weight excluding hydrogens is 264 g/mol. The Morgan fingerprint density at radius 3 is 2.65 bits per heavy atom. The van der Waals surface area contributed by atoms with Crippen molar-refractivity contribution in [1.29, 1.82) is 0 Å². The van der Waals surface area contributed by atoms with Gasteiger partial charge in [0, 0.05) is 17.3 Å². The van der Waals surface area contributed by atoms with Crippen molar-refractivity contribution < 1.29 is 8.78 Å². The van der Waals surface area contributed by atoms with Gasteiger partial charge in [-0.05, 0) is 41.2 Å². The molecule has 0 atom stereocenters. The van der Waals surface area contributed by atoms with E-state index in [1.807, 2.05) is 0 Å². The average Bonchev–Trinajstić information content (AvgIpc) is 3.05. The Morgan fingerprint density at radius 2 is 2.00 bits per heavy atom. The minimum absolute atomic E-state index is 0.126.